The van der Waals surface area contributed by atoms with Crippen molar-refractivity contribution in [3.63, 3.8) is 0 Å². The van der Waals surface area contributed by atoms with Crippen molar-refractivity contribution < 1.29 is 14.1 Å². The highest BCUT2D eigenvalue weighted by Gasteiger charge is 2.26. The minimum absolute atomic E-state index is 0.00919. The fourth-order valence-corrected chi connectivity index (χ4v) is 1.80. The predicted octanol–water partition coefficient (Wildman–Crippen LogP) is 2.59. The summed E-state index contributed by atoms with van der Waals surface area (Å²) in [5.74, 6) is -0.619. The van der Waals surface area contributed by atoms with Gasteiger partial charge in [0.1, 0.15) is 5.56 Å². The van der Waals surface area contributed by atoms with Crippen LogP contribution in [0.4, 0.5) is 5.69 Å². The highest BCUT2D eigenvalue weighted by Crippen LogP contribution is 2.20. The van der Waals surface area contributed by atoms with E-state index in [-0.39, 0.29) is 11.3 Å². The van der Waals surface area contributed by atoms with Crippen molar-refractivity contribution in [1.29, 1.82) is 0 Å². The second-order valence-electron chi connectivity index (χ2n) is 4.28. The molecule has 0 atom stereocenters. The Kier molecular flexibility index (Phi) is 3.43. The molecule has 0 aromatic heterocycles. The molecule has 1 aromatic rings. The van der Waals surface area contributed by atoms with E-state index in [1.807, 2.05) is 19.6 Å². The fraction of sp³-hybridized carbons (Fsp3) is 0.300. The molecule has 5 nitrogen and oxygen atoms in total. The maximum absolute atomic E-state index is 11.7. The normalized spacial score (nSPS) is 10.9. The van der Waals surface area contributed by atoms with Crippen LogP contribution in [0.5, 0.6) is 0 Å². The van der Waals surface area contributed by atoms with Gasteiger partial charge in [0.2, 0.25) is 8.32 Å². The number of hydrogen-bond donors (Lipinski definition) is 0. The minimum atomic E-state index is -2.03. The molecule has 0 unspecified atom stereocenters. The number of nitro benzene ring substituents is 1. The SMILES string of the molecule is C[Si](C)(C)OC(=O)c1ccccc1[N+](=O)[O-]. The third-order valence-corrected chi connectivity index (χ3v) is 2.52. The van der Waals surface area contributed by atoms with E-state index in [4.69, 9.17) is 4.43 Å². The van der Waals surface area contributed by atoms with Gasteiger partial charge in [-0.2, -0.15) is 0 Å². The van der Waals surface area contributed by atoms with Crippen molar-refractivity contribution in [2.45, 2.75) is 19.6 Å². The van der Waals surface area contributed by atoms with Crippen LogP contribution in [0.3, 0.4) is 0 Å². The van der Waals surface area contributed by atoms with Gasteiger partial charge in [0, 0.05) is 6.07 Å². The summed E-state index contributed by atoms with van der Waals surface area (Å²) in [5, 5.41) is 10.7. The lowest BCUT2D eigenvalue weighted by atomic mass is 10.2. The van der Waals surface area contributed by atoms with E-state index < -0.39 is 19.2 Å². The van der Waals surface area contributed by atoms with Gasteiger partial charge in [0.05, 0.1) is 4.92 Å². The van der Waals surface area contributed by atoms with Crippen molar-refractivity contribution in [2.24, 2.45) is 0 Å². The predicted molar refractivity (Wildman–Crippen MR) is 61.9 cm³/mol. The number of hydrogen-bond acceptors (Lipinski definition) is 4. The smallest absolute Gasteiger partial charge is 0.331 e. The van der Waals surface area contributed by atoms with Crippen LogP contribution in [0.15, 0.2) is 24.3 Å². The Morgan fingerprint density at radius 1 is 1.31 bits per heavy atom. The van der Waals surface area contributed by atoms with Crippen molar-refractivity contribution in [2.75, 3.05) is 0 Å². The van der Waals surface area contributed by atoms with Crippen LogP contribution in [0.1, 0.15) is 10.4 Å². The van der Waals surface area contributed by atoms with Crippen LogP contribution in [0, 0.1) is 10.1 Å². The molecule has 0 N–H and O–H groups in total. The Labute approximate surface area is 94.3 Å². The molecule has 0 aliphatic rings. The number of nitrogens with zero attached hydrogens (tertiary/aromatic N) is 1. The summed E-state index contributed by atoms with van der Waals surface area (Å²) >= 11 is 0. The second-order valence-corrected chi connectivity index (χ2v) is 8.71. The summed E-state index contributed by atoms with van der Waals surface area (Å²) in [6, 6.07) is 5.79. The Bertz CT molecular complexity index is 425. The molecule has 0 heterocycles. The Morgan fingerprint density at radius 2 is 1.88 bits per heavy atom. The van der Waals surface area contributed by atoms with E-state index >= 15 is 0 Å². The summed E-state index contributed by atoms with van der Waals surface area (Å²) in [6.45, 7) is 5.54. The Morgan fingerprint density at radius 3 is 2.38 bits per heavy atom. The average Bonchev–Trinajstić information content (AvgIpc) is 2.15. The number of carbonyl (C=O) groups is 1. The van der Waals surface area contributed by atoms with Crippen LogP contribution in [-0.4, -0.2) is 19.2 Å². The molecule has 6 heteroatoms. The van der Waals surface area contributed by atoms with Crippen LogP contribution in [0.2, 0.25) is 19.6 Å². The molecular formula is C10H13NO4Si. The summed E-state index contributed by atoms with van der Waals surface area (Å²) in [5.41, 5.74) is -0.208. The van der Waals surface area contributed by atoms with Crippen LogP contribution in [-0.2, 0) is 4.43 Å². The molecule has 0 fully saturated rings. The maximum Gasteiger partial charge on any atom is 0.331 e. The van der Waals surface area contributed by atoms with Gasteiger partial charge in [0.25, 0.3) is 5.69 Å². The van der Waals surface area contributed by atoms with Crippen LogP contribution >= 0.6 is 0 Å². The lowest BCUT2D eigenvalue weighted by Gasteiger charge is -2.17. The Balaban J connectivity index is 3.04. The van der Waals surface area contributed by atoms with Gasteiger partial charge in [-0.05, 0) is 25.7 Å². The summed E-state index contributed by atoms with van der Waals surface area (Å²) in [7, 11) is -2.03. The first kappa shape index (κ1) is 12.4. The maximum atomic E-state index is 11.7. The van der Waals surface area contributed by atoms with Crippen molar-refractivity contribution >= 4 is 20.0 Å². The van der Waals surface area contributed by atoms with Crippen LogP contribution in [0.25, 0.3) is 0 Å². The molecule has 0 spiro atoms. The third kappa shape index (κ3) is 3.16. The molecule has 1 aromatic carbocycles. The standard InChI is InChI=1S/C10H13NO4Si/c1-16(2,3)15-10(12)8-6-4-5-7-9(8)11(13)14/h4-7H,1-3H3. The number of carbonyl (C=O) groups excluding carboxylic acids is 1. The highest BCUT2D eigenvalue weighted by atomic mass is 28.4. The summed E-state index contributed by atoms with van der Waals surface area (Å²) in [6.07, 6.45) is 0. The van der Waals surface area contributed by atoms with Crippen molar-refractivity contribution in [3.8, 4) is 0 Å². The molecule has 0 aliphatic heterocycles. The first-order valence-electron chi connectivity index (χ1n) is 4.78. The molecular weight excluding hydrogens is 226 g/mol. The zero-order chi connectivity index (χ0) is 12.3. The van der Waals surface area contributed by atoms with Gasteiger partial charge in [-0.15, -0.1) is 0 Å². The molecule has 0 saturated heterocycles. The number of nitro groups is 1. The lowest BCUT2D eigenvalue weighted by Crippen LogP contribution is -2.29. The third-order valence-electron chi connectivity index (χ3n) is 1.72. The fourth-order valence-electron chi connectivity index (χ4n) is 1.14. The largest absolute Gasteiger partial charge is 0.516 e. The zero-order valence-electron chi connectivity index (χ0n) is 9.39. The average molecular weight is 239 g/mol. The molecule has 0 saturated carbocycles. The lowest BCUT2D eigenvalue weighted by molar-refractivity contribution is -0.385. The summed E-state index contributed by atoms with van der Waals surface area (Å²) in [4.78, 5) is 21.8. The monoisotopic (exact) mass is 239 g/mol. The molecule has 0 bridgehead atoms. The van der Waals surface area contributed by atoms with Gasteiger partial charge in [-0.25, -0.2) is 4.79 Å². The molecule has 16 heavy (non-hydrogen) atoms. The highest BCUT2D eigenvalue weighted by molar-refractivity contribution is 6.71. The molecule has 0 radical (unpaired) electrons. The van der Waals surface area contributed by atoms with Gasteiger partial charge in [-0.3, -0.25) is 10.1 Å². The first-order valence-corrected chi connectivity index (χ1v) is 8.19. The van der Waals surface area contributed by atoms with E-state index in [1.165, 1.54) is 18.2 Å². The molecule has 0 amide bonds. The molecule has 0 aliphatic carbocycles. The minimum Gasteiger partial charge on any atom is -0.516 e. The first-order chi connectivity index (χ1) is 7.31. The molecule has 86 valence electrons. The number of para-hydroxylation sites is 1. The number of rotatable bonds is 3. The Hall–Kier alpha value is -1.69. The quantitative estimate of drug-likeness (QED) is 0.462. The summed E-state index contributed by atoms with van der Waals surface area (Å²) < 4.78 is 5.21. The van der Waals surface area contributed by atoms with E-state index in [0.29, 0.717) is 0 Å². The van der Waals surface area contributed by atoms with Gasteiger partial charge >= 0.3 is 5.97 Å². The van der Waals surface area contributed by atoms with Gasteiger partial charge < -0.3 is 4.43 Å². The van der Waals surface area contributed by atoms with E-state index in [9.17, 15) is 14.9 Å². The van der Waals surface area contributed by atoms with Crippen molar-refractivity contribution in [1.82, 2.24) is 0 Å². The zero-order valence-corrected chi connectivity index (χ0v) is 10.4. The van der Waals surface area contributed by atoms with E-state index in [1.54, 1.807) is 6.07 Å². The van der Waals surface area contributed by atoms with Crippen molar-refractivity contribution in [3.05, 3.63) is 39.9 Å². The van der Waals surface area contributed by atoms with Gasteiger partial charge in [0.15, 0.2) is 0 Å². The second kappa shape index (κ2) is 4.44. The van der Waals surface area contributed by atoms with Crippen LogP contribution < -0.4 is 0 Å². The van der Waals surface area contributed by atoms with E-state index in [0.717, 1.165) is 0 Å². The van der Waals surface area contributed by atoms with E-state index in [2.05, 4.69) is 0 Å². The molecule has 1 rings (SSSR count). The van der Waals surface area contributed by atoms with Gasteiger partial charge in [-0.1, -0.05) is 12.1 Å². The topological polar surface area (TPSA) is 69.4 Å². The number of benzene rings is 1.